The minimum Gasteiger partial charge on any atom is -0.466 e. The third kappa shape index (κ3) is 3.18. The fourth-order valence-electron chi connectivity index (χ4n) is 4.19. The van der Waals surface area contributed by atoms with Crippen LogP contribution in [0.1, 0.15) is 49.5 Å². The van der Waals surface area contributed by atoms with Crippen LogP contribution in [0.25, 0.3) is 11.5 Å². The van der Waals surface area contributed by atoms with E-state index in [4.69, 9.17) is 13.6 Å². The molecule has 2 bridgehead atoms. The van der Waals surface area contributed by atoms with Gasteiger partial charge in [-0.1, -0.05) is 6.42 Å². The number of esters is 1. The maximum Gasteiger partial charge on any atom is 0.309 e. The number of rotatable bonds is 4. The largest absolute Gasteiger partial charge is 0.466 e. The molecule has 2 fully saturated rings. The van der Waals surface area contributed by atoms with Gasteiger partial charge in [-0.05, 0) is 45.6 Å². The van der Waals surface area contributed by atoms with Gasteiger partial charge in [-0.25, -0.2) is 0 Å². The molecule has 26 heavy (non-hydrogen) atoms. The summed E-state index contributed by atoms with van der Waals surface area (Å²) in [5, 5.41) is 7.93. The van der Waals surface area contributed by atoms with Crippen molar-refractivity contribution in [1.82, 2.24) is 10.2 Å². The molecule has 2 heterocycles. The Morgan fingerprint density at radius 1 is 1.19 bits per heavy atom. The minimum atomic E-state index is -0.274. The number of aromatic nitrogens is 2. The first-order chi connectivity index (χ1) is 12.5. The van der Waals surface area contributed by atoms with E-state index in [0.717, 1.165) is 30.6 Å². The van der Waals surface area contributed by atoms with Crippen LogP contribution in [0.4, 0.5) is 0 Å². The van der Waals surface area contributed by atoms with Gasteiger partial charge in [0.25, 0.3) is 11.8 Å². The fraction of sp³-hybridized carbons (Fsp3) is 0.579. The van der Waals surface area contributed by atoms with E-state index in [1.807, 2.05) is 19.9 Å². The first-order valence-electron chi connectivity index (χ1n) is 9.11. The number of Topliss-reactive ketones (excluding diaryl/α,β-unsaturated/α-hetero) is 1. The molecule has 2 aromatic rings. The van der Waals surface area contributed by atoms with Crippen LogP contribution in [0.15, 0.2) is 14.9 Å². The Hall–Kier alpha value is -2.44. The van der Waals surface area contributed by atoms with Crippen molar-refractivity contribution in [2.45, 2.75) is 52.6 Å². The van der Waals surface area contributed by atoms with E-state index in [2.05, 4.69) is 10.2 Å². The lowest BCUT2D eigenvalue weighted by molar-refractivity contribution is -0.155. The molecule has 0 radical (unpaired) electrons. The zero-order chi connectivity index (χ0) is 18.3. The summed E-state index contributed by atoms with van der Waals surface area (Å²) in [7, 11) is 0. The second kappa shape index (κ2) is 6.70. The number of carbonyl (C=O) groups is 2. The average molecular weight is 358 g/mol. The quantitative estimate of drug-likeness (QED) is 0.773. The minimum absolute atomic E-state index is 0.0300. The summed E-state index contributed by atoms with van der Waals surface area (Å²) in [6.45, 7) is 3.62. The van der Waals surface area contributed by atoms with E-state index >= 15 is 0 Å². The normalized spacial score (nSPS) is 25.3. The monoisotopic (exact) mass is 358 g/mol. The average Bonchev–Trinajstić information content (AvgIpc) is 3.18. The van der Waals surface area contributed by atoms with Gasteiger partial charge in [-0.2, -0.15) is 0 Å². The Morgan fingerprint density at radius 3 is 2.58 bits per heavy atom. The van der Waals surface area contributed by atoms with Crippen molar-refractivity contribution in [2.75, 3.05) is 0 Å². The number of fused-ring (bicyclic) bond motifs is 2. The first-order valence-corrected chi connectivity index (χ1v) is 9.11. The summed E-state index contributed by atoms with van der Waals surface area (Å²) in [5.41, 5.74) is 0.742. The van der Waals surface area contributed by atoms with Gasteiger partial charge in [-0.3, -0.25) is 9.59 Å². The molecule has 0 aromatic carbocycles. The molecule has 2 aliphatic rings. The highest BCUT2D eigenvalue weighted by molar-refractivity contribution is 5.87. The standard InChI is InChI=1S/C19H22N2O5/c1-10-6-15(11(2)25-10)18-21-20-16(26-18)9-24-19(23)14-7-12-4-3-5-13(8-14)17(12)22/h6,12-14H,3-5,7-9H2,1-2H3/t12-,13+,14?. The van der Waals surface area contributed by atoms with Crippen molar-refractivity contribution in [1.29, 1.82) is 0 Å². The zero-order valence-electron chi connectivity index (χ0n) is 15.0. The topological polar surface area (TPSA) is 95.4 Å². The van der Waals surface area contributed by atoms with E-state index in [9.17, 15) is 9.59 Å². The molecular formula is C19H22N2O5. The SMILES string of the molecule is Cc1cc(-c2nnc(COC(=O)C3C[C@H]4CCC[C@@H](C3)C4=O)o2)c(C)o1. The summed E-state index contributed by atoms with van der Waals surface area (Å²) >= 11 is 0. The van der Waals surface area contributed by atoms with Crippen LogP contribution in [-0.4, -0.2) is 21.9 Å². The Kier molecular flexibility index (Phi) is 4.38. The highest BCUT2D eigenvalue weighted by Gasteiger charge is 2.41. The number of ether oxygens (including phenoxy) is 1. The van der Waals surface area contributed by atoms with E-state index in [0.29, 0.717) is 30.3 Å². The molecular weight excluding hydrogens is 336 g/mol. The summed E-state index contributed by atoms with van der Waals surface area (Å²) in [5.74, 6) is 1.99. The van der Waals surface area contributed by atoms with Crippen molar-refractivity contribution in [3.05, 3.63) is 23.5 Å². The van der Waals surface area contributed by atoms with Crippen molar-refractivity contribution in [3.63, 3.8) is 0 Å². The molecule has 4 rings (SSSR count). The van der Waals surface area contributed by atoms with Gasteiger partial charge in [0, 0.05) is 11.8 Å². The van der Waals surface area contributed by atoms with Crippen molar-refractivity contribution in [2.24, 2.45) is 17.8 Å². The Balaban J connectivity index is 1.36. The van der Waals surface area contributed by atoms with Crippen LogP contribution >= 0.6 is 0 Å². The fourth-order valence-corrected chi connectivity index (χ4v) is 4.19. The van der Waals surface area contributed by atoms with Crippen LogP contribution in [0.2, 0.25) is 0 Å². The molecule has 2 saturated carbocycles. The summed E-state index contributed by atoms with van der Waals surface area (Å²) in [6.07, 6.45) is 4.10. The summed E-state index contributed by atoms with van der Waals surface area (Å²) in [6, 6.07) is 1.83. The lowest BCUT2D eigenvalue weighted by Gasteiger charge is -2.36. The summed E-state index contributed by atoms with van der Waals surface area (Å²) in [4.78, 5) is 24.5. The third-order valence-corrected chi connectivity index (χ3v) is 5.46. The number of furan rings is 1. The van der Waals surface area contributed by atoms with Gasteiger partial charge >= 0.3 is 5.97 Å². The zero-order valence-corrected chi connectivity index (χ0v) is 15.0. The molecule has 0 spiro atoms. The predicted molar refractivity (Wildman–Crippen MR) is 89.8 cm³/mol. The molecule has 1 unspecified atom stereocenters. The molecule has 0 aliphatic heterocycles. The number of ketones is 1. The number of aryl methyl sites for hydroxylation is 2. The van der Waals surface area contributed by atoms with E-state index in [1.165, 1.54) is 0 Å². The van der Waals surface area contributed by atoms with Gasteiger partial charge in [-0.15, -0.1) is 10.2 Å². The molecule has 0 amide bonds. The Labute approximate surface area is 151 Å². The van der Waals surface area contributed by atoms with Gasteiger partial charge in [0.1, 0.15) is 17.3 Å². The predicted octanol–water partition coefficient (Wildman–Crippen LogP) is 3.39. The van der Waals surface area contributed by atoms with Crippen LogP contribution in [-0.2, 0) is 20.9 Å². The van der Waals surface area contributed by atoms with E-state index in [-0.39, 0.29) is 36.2 Å². The molecule has 2 aliphatic carbocycles. The molecule has 7 heteroatoms. The van der Waals surface area contributed by atoms with Gasteiger partial charge in [0.15, 0.2) is 6.61 Å². The van der Waals surface area contributed by atoms with Crippen molar-refractivity contribution >= 4 is 11.8 Å². The van der Waals surface area contributed by atoms with Crippen LogP contribution in [0.5, 0.6) is 0 Å². The Morgan fingerprint density at radius 2 is 1.92 bits per heavy atom. The molecule has 3 atom stereocenters. The smallest absolute Gasteiger partial charge is 0.309 e. The lowest BCUT2D eigenvalue weighted by atomic mass is 9.67. The second-order valence-corrected chi connectivity index (χ2v) is 7.33. The van der Waals surface area contributed by atoms with E-state index < -0.39 is 0 Å². The second-order valence-electron chi connectivity index (χ2n) is 7.33. The molecule has 7 nitrogen and oxygen atoms in total. The van der Waals surface area contributed by atoms with Crippen LogP contribution in [0, 0.1) is 31.6 Å². The molecule has 138 valence electrons. The maximum atomic E-state index is 12.4. The third-order valence-electron chi connectivity index (χ3n) is 5.46. The van der Waals surface area contributed by atoms with Crippen LogP contribution in [0.3, 0.4) is 0 Å². The maximum absolute atomic E-state index is 12.4. The van der Waals surface area contributed by atoms with Gasteiger partial charge in [0.05, 0.1) is 11.5 Å². The van der Waals surface area contributed by atoms with E-state index in [1.54, 1.807) is 0 Å². The van der Waals surface area contributed by atoms with Gasteiger partial charge in [0.2, 0.25) is 0 Å². The highest BCUT2D eigenvalue weighted by atomic mass is 16.5. The van der Waals surface area contributed by atoms with Crippen molar-refractivity contribution < 1.29 is 23.2 Å². The highest BCUT2D eigenvalue weighted by Crippen LogP contribution is 2.40. The number of nitrogens with zero attached hydrogens (tertiary/aromatic N) is 2. The first kappa shape index (κ1) is 17.0. The molecule has 2 aromatic heterocycles. The number of hydrogen-bond donors (Lipinski definition) is 0. The lowest BCUT2D eigenvalue weighted by Crippen LogP contribution is -2.39. The van der Waals surface area contributed by atoms with Gasteiger partial charge < -0.3 is 13.6 Å². The Bertz CT molecular complexity index is 821. The van der Waals surface area contributed by atoms with Crippen molar-refractivity contribution in [3.8, 4) is 11.5 Å². The molecule has 0 N–H and O–H groups in total. The van der Waals surface area contributed by atoms with Crippen LogP contribution < -0.4 is 0 Å². The molecule has 0 saturated heterocycles. The number of carbonyl (C=O) groups excluding carboxylic acids is 2. The number of hydrogen-bond acceptors (Lipinski definition) is 7. The summed E-state index contributed by atoms with van der Waals surface area (Å²) < 4.78 is 16.4.